The van der Waals surface area contributed by atoms with Gasteiger partial charge in [-0.2, -0.15) is 0 Å². The molecule has 1 aliphatic rings. The molecule has 1 aromatic carbocycles. The van der Waals surface area contributed by atoms with Gasteiger partial charge in [0, 0.05) is 38.7 Å². The number of nitro groups is 1. The molecular formula is C19H22N4O3. The molecule has 2 aromatic rings. The van der Waals surface area contributed by atoms with Gasteiger partial charge >= 0.3 is 0 Å². The fourth-order valence-corrected chi connectivity index (χ4v) is 3.15. The first-order valence-corrected chi connectivity index (χ1v) is 8.72. The van der Waals surface area contributed by atoms with E-state index in [-0.39, 0.29) is 17.5 Å². The lowest BCUT2D eigenvalue weighted by atomic mass is 9.97. The third-order valence-corrected chi connectivity index (χ3v) is 4.75. The Kier molecular flexibility index (Phi) is 5.46. The van der Waals surface area contributed by atoms with Gasteiger partial charge in [-0.3, -0.25) is 14.9 Å². The van der Waals surface area contributed by atoms with Crippen LogP contribution in [-0.4, -0.2) is 46.9 Å². The summed E-state index contributed by atoms with van der Waals surface area (Å²) in [4.78, 5) is 30.9. The van der Waals surface area contributed by atoms with Gasteiger partial charge in [0.2, 0.25) is 5.91 Å². The van der Waals surface area contributed by atoms with Crippen molar-refractivity contribution in [3.63, 3.8) is 0 Å². The van der Waals surface area contributed by atoms with Crippen LogP contribution in [-0.2, 0) is 4.79 Å². The first-order valence-electron chi connectivity index (χ1n) is 8.72. The molecule has 1 aliphatic heterocycles. The minimum atomic E-state index is -0.457. The van der Waals surface area contributed by atoms with E-state index >= 15 is 0 Å². The maximum Gasteiger partial charge on any atom is 0.287 e. The van der Waals surface area contributed by atoms with Crippen LogP contribution in [0.4, 0.5) is 11.5 Å². The Morgan fingerprint density at radius 3 is 2.42 bits per heavy atom. The molecule has 1 aromatic heterocycles. The first-order chi connectivity index (χ1) is 12.5. The average molecular weight is 354 g/mol. The number of aromatic nitrogens is 1. The van der Waals surface area contributed by atoms with Crippen LogP contribution in [0.2, 0.25) is 0 Å². The van der Waals surface area contributed by atoms with Gasteiger partial charge in [0.25, 0.3) is 5.69 Å². The Hall–Kier alpha value is -2.96. The Morgan fingerprint density at radius 2 is 1.85 bits per heavy atom. The van der Waals surface area contributed by atoms with E-state index < -0.39 is 4.92 Å². The smallest absolute Gasteiger partial charge is 0.287 e. The zero-order valence-corrected chi connectivity index (χ0v) is 14.7. The van der Waals surface area contributed by atoms with Crippen LogP contribution in [0.15, 0.2) is 48.7 Å². The second-order valence-corrected chi connectivity index (χ2v) is 6.52. The molecule has 0 saturated carbocycles. The fourth-order valence-electron chi connectivity index (χ4n) is 3.15. The van der Waals surface area contributed by atoms with Crippen molar-refractivity contribution >= 4 is 17.4 Å². The summed E-state index contributed by atoms with van der Waals surface area (Å²) in [5.41, 5.74) is 1.16. The predicted octanol–water partition coefficient (Wildman–Crippen LogP) is 2.83. The summed E-state index contributed by atoms with van der Waals surface area (Å²) in [6.07, 6.45) is 1.77. The number of hydrogen-bond donors (Lipinski definition) is 0. The van der Waals surface area contributed by atoms with Crippen molar-refractivity contribution < 1.29 is 9.72 Å². The normalized spacial score (nSPS) is 15.6. The lowest BCUT2D eigenvalue weighted by molar-refractivity contribution is -0.385. The summed E-state index contributed by atoms with van der Waals surface area (Å²) >= 11 is 0. The number of hydrogen-bond acceptors (Lipinski definition) is 5. The van der Waals surface area contributed by atoms with Gasteiger partial charge < -0.3 is 9.80 Å². The number of piperazine rings is 1. The number of carbonyl (C=O) groups is 1. The Morgan fingerprint density at radius 1 is 1.15 bits per heavy atom. The summed E-state index contributed by atoms with van der Waals surface area (Å²) in [5.74, 6) is 1.07. The molecule has 26 heavy (non-hydrogen) atoms. The quantitative estimate of drug-likeness (QED) is 0.609. The van der Waals surface area contributed by atoms with Crippen molar-refractivity contribution in [3.8, 4) is 0 Å². The molecule has 1 fully saturated rings. The number of anilines is 1. The number of rotatable bonds is 5. The molecular weight excluding hydrogens is 332 g/mol. The van der Waals surface area contributed by atoms with Crippen LogP contribution in [0, 0.1) is 10.1 Å². The topological polar surface area (TPSA) is 79.6 Å². The molecule has 0 N–H and O–H groups in total. The lowest BCUT2D eigenvalue weighted by Gasteiger charge is -2.35. The molecule has 0 unspecified atom stereocenters. The SMILES string of the molecule is C[C@@H](CC(=O)N1CCN(c2ccc([N+](=O)[O-])cn2)CC1)c1ccccc1. The van der Waals surface area contributed by atoms with Crippen LogP contribution in [0.3, 0.4) is 0 Å². The predicted molar refractivity (Wildman–Crippen MR) is 99.2 cm³/mol. The number of carbonyl (C=O) groups excluding carboxylic acids is 1. The molecule has 0 spiro atoms. The maximum atomic E-state index is 12.6. The highest BCUT2D eigenvalue weighted by Crippen LogP contribution is 2.21. The Bertz CT molecular complexity index is 756. The summed E-state index contributed by atoms with van der Waals surface area (Å²) in [6, 6.07) is 13.2. The van der Waals surface area contributed by atoms with Gasteiger partial charge in [-0.25, -0.2) is 4.98 Å². The summed E-state index contributed by atoms with van der Waals surface area (Å²) < 4.78 is 0. The molecule has 1 atom stereocenters. The Balaban J connectivity index is 1.53. The van der Waals surface area contributed by atoms with Gasteiger partial charge in [0.05, 0.1) is 4.92 Å². The zero-order valence-electron chi connectivity index (χ0n) is 14.7. The van der Waals surface area contributed by atoms with Crippen LogP contribution in [0.1, 0.15) is 24.8 Å². The van der Waals surface area contributed by atoms with Crippen LogP contribution in [0.25, 0.3) is 0 Å². The van der Waals surface area contributed by atoms with Gasteiger partial charge in [-0.05, 0) is 17.5 Å². The third-order valence-electron chi connectivity index (χ3n) is 4.75. The van der Waals surface area contributed by atoms with Crippen molar-refractivity contribution in [2.24, 2.45) is 0 Å². The largest absolute Gasteiger partial charge is 0.353 e. The summed E-state index contributed by atoms with van der Waals surface area (Å²) in [6.45, 7) is 4.70. The van der Waals surface area contributed by atoms with E-state index in [9.17, 15) is 14.9 Å². The van der Waals surface area contributed by atoms with E-state index in [1.165, 1.54) is 17.8 Å². The molecule has 136 valence electrons. The summed E-state index contributed by atoms with van der Waals surface area (Å²) in [5, 5.41) is 10.7. The van der Waals surface area contributed by atoms with Gasteiger partial charge in [-0.1, -0.05) is 37.3 Å². The van der Waals surface area contributed by atoms with E-state index in [1.54, 1.807) is 6.07 Å². The van der Waals surface area contributed by atoms with Crippen molar-refractivity contribution in [2.75, 3.05) is 31.1 Å². The highest BCUT2D eigenvalue weighted by Gasteiger charge is 2.23. The highest BCUT2D eigenvalue weighted by atomic mass is 16.6. The van der Waals surface area contributed by atoms with E-state index in [4.69, 9.17) is 0 Å². The molecule has 7 nitrogen and oxygen atoms in total. The molecule has 1 saturated heterocycles. The monoisotopic (exact) mass is 354 g/mol. The summed E-state index contributed by atoms with van der Waals surface area (Å²) in [7, 11) is 0. The van der Waals surface area contributed by atoms with E-state index in [1.807, 2.05) is 28.0 Å². The van der Waals surface area contributed by atoms with Gasteiger partial charge in [0.15, 0.2) is 0 Å². The lowest BCUT2D eigenvalue weighted by Crippen LogP contribution is -2.49. The molecule has 3 rings (SSSR count). The first kappa shape index (κ1) is 17.8. The fraction of sp³-hybridized carbons (Fsp3) is 0.368. The molecule has 0 aliphatic carbocycles. The van der Waals surface area contributed by atoms with Crippen molar-refractivity contribution in [3.05, 3.63) is 64.3 Å². The Labute approximate surface area is 152 Å². The van der Waals surface area contributed by atoms with Crippen molar-refractivity contribution in [2.45, 2.75) is 19.3 Å². The number of nitrogens with zero attached hydrogens (tertiary/aromatic N) is 4. The standard InChI is InChI=1S/C19H22N4O3/c1-15(16-5-3-2-4-6-16)13-19(24)22-11-9-21(10-12-22)18-8-7-17(14-20-18)23(25)26/h2-8,14-15H,9-13H2,1H3/t15-/m0/s1. The number of benzene rings is 1. The average Bonchev–Trinajstić information content (AvgIpc) is 2.69. The molecule has 0 bridgehead atoms. The van der Waals surface area contributed by atoms with Crippen LogP contribution in [0.5, 0.6) is 0 Å². The second-order valence-electron chi connectivity index (χ2n) is 6.52. The molecule has 1 amide bonds. The maximum absolute atomic E-state index is 12.6. The van der Waals surface area contributed by atoms with Crippen molar-refractivity contribution in [1.82, 2.24) is 9.88 Å². The third kappa shape index (κ3) is 4.17. The van der Waals surface area contributed by atoms with E-state index in [0.717, 1.165) is 0 Å². The molecule has 7 heteroatoms. The minimum Gasteiger partial charge on any atom is -0.353 e. The number of pyridine rings is 1. The molecule has 2 heterocycles. The zero-order chi connectivity index (χ0) is 18.5. The minimum absolute atomic E-state index is 0.0162. The van der Waals surface area contributed by atoms with E-state index in [2.05, 4.69) is 24.0 Å². The van der Waals surface area contributed by atoms with Gasteiger partial charge in [0.1, 0.15) is 12.0 Å². The molecule has 0 radical (unpaired) electrons. The second kappa shape index (κ2) is 7.95. The van der Waals surface area contributed by atoms with Crippen LogP contribution < -0.4 is 4.90 Å². The van der Waals surface area contributed by atoms with Crippen LogP contribution >= 0.6 is 0 Å². The van der Waals surface area contributed by atoms with Crippen molar-refractivity contribution in [1.29, 1.82) is 0 Å². The van der Waals surface area contributed by atoms with E-state index in [0.29, 0.717) is 38.4 Å². The highest BCUT2D eigenvalue weighted by molar-refractivity contribution is 5.77. The van der Waals surface area contributed by atoms with Gasteiger partial charge in [-0.15, -0.1) is 0 Å². The number of amides is 1.